The second-order valence-electron chi connectivity index (χ2n) is 5.91. The molecule has 0 bridgehead atoms. The first-order valence-corrected chi connectivity index (χ1v) is 8.55. The molecule has 3 rings (SSSR count). The van der Waals surface area contributed by atoms with E-state index < -0.39 is 0 Å². The van der Waals surface area contributed by atoms with Gasteiger partial charge in [-0.3, -0.25) is 4.79 Å². The van der Waals surface area contributed by atoms with Crippen molar-refractivity contribution in [1.29, 1.82) is 0 Å². The normalized spacial score (nSPS) is 11.1. The highest BCUT2D eigenvalue weighted by Crippen LogP contribution is 2.28. The van der Waals surface area contributed by atoms with Crippen LogP contribution in [0.3, 0.4) is 0 Å². The van der Waals surface area contributed by atoms with Gasteiger partial charge in [-0.05, 0) is 18.9 Å². The molecule has 0 fully saturated rings. The van der Waals surface area contributed by atoms with Gasteiger partial charge in [0.1, 0.15) is 23.5 Å². The molecular formula is C18H23N5O2. The molecule has 0 aliphatic heterocycles. The van der Waals surface area contributed by atoms with Gasteiger partial charge in [0.05, 0.1) is 5.52 Å². The fourth-order valence-corrected chi connectivity index (χ4v) is 2.83. The molecular weight excluding hydrogens is 318 g/mol. The topological polar surface area (TPSA) is 95.1 Å². The third kappa shape index (κ3) is 3.50. The number of para-hydroxylation sites is 1. The number of nitrogen functional groups attached to an aromatic ring is 1. The molecule has 1 aromatic carbocycles. The van der Waals surface area contributed by atoms with Gasteiger partial charge in [0.25, 0.3) is 0 Å². The second-order valence-corrected chi connectivity index (χ2v) is 5.91. The molecule has 3 aromatic rings. The minimum atomic E-state index is -0.00997. The van der Waals surface area contributed by atoms with Crippen molar-refractivity contribution in [3.63, 3.8) is 0 Å². The van der Waals surface area contributed by atoms with Crippen molar-refractivity contribution < 1.29 is 9.63 Å². The highest BCUT2D eigenvalue weighted by atomic mass is 16.7. The van der Waals surface area contributed by atoms with Crippen LogP contribution in [0.5, 0.6) is 0 Å². The van der Waals surface area contributed by atoms with E-state index in [0.29, 0.717) is 24.5 Å². The number of rotatable bonds is 7. The number of aromatic nitrogens is 3. The number of pyridine rings is 1. The predicted octanol–water partition coefficient (Wildman–Crippen LogP) is 2.07. The minimum absolute atomic E-state index is 0.00997. The number of hydrogen-bond acceptors (Lipinski definition) is 5. The Kier molecular flexibility index (Phi) is 5.02. The number of carbonyl (C=O) groups is 1. The molecule has 0 saturated heterocycles. The summed E-state index contributed by atoms with van der Waals surface area (Å²) < 4.78 is 1.79. The van der Waals surface area contributed by atoms with Crippen LogP contribution in [-0.2, 0) is 11.2 Å². The third-order valence-electron chi connectivity index (χ3n) is 4.03. The fourth-order valence-electron chi connectivity index (χ4n) is 2.83. The zero-order chi connectivity index (χ0) is 17.8. The van der Waals surface area contributed by atoms with Crippen molar-refractivity contribution in [2.24, 2.45) is 0 Å². The number of carbonyl (C=O) groups excluding carboxylic acids is 1. The van der Waals surface area contributed by atoms with Crippen LogP contribution >= 0.6 is 0 Å². The van der Waals surface area contributed by atoms with Crippen molar-refractivity contribution in [3.05, 3.63) is 30.1 Å². The summed E-state index contributed by atoms with van der Waals surface area (Å²) >= 11 is 0. The number of imidazole rings is 1. The minimum Gasteiger partial charge on any atom is -0.412 e. The molecule has 3 N–H and O–H groups in total. The summed E-state index contributed by atoms with van der Waals surface area (Å²) in [6, 6.07) is 7.84. The van der Waals surface area contributed by atoms with Crippen LogP contribution in [-0.4, -0.2) is 33.8 Å². The van der Waals surface area contributed by atoms with Gasteiger partial charge >= 0.3 is 0 Å². The SMILES string of the molecule is CCc1nc2c(N)nc3ccccc3c2n1OCCCCNC(C)=O. The van der Waals surface area contributed by atoms with Crippen LogP contribution in [0.1, 0.15) is 32.5 Å². The predicted molar refractivity (Wildman–Crippen MR) is 98.2 cm³/mol. The number of fused-ring (bicyclic) bond motifs is 3. The summed E-state index contributed by atoms with van der Waals surface area (Å²) in [5.74, 6) is 1.22. The van der Waals surface area contributed by atoms with Crippen LogP contribution in [0, 0.1) is 0 Å². The van der Waals surface area contributed by atoms with E-state index in [2.05, 4.69) is 15.3 Å². The second kappa shape index (κ2) is 7.38. The Labute approximate surface area is 146 Å². The smallest absolute Gasteiger partial charge is 0.216 e. The van der Waals surface area contributed by atoms with Gasteiger partial charge in [-0.15, -0.1) is 0 Å². The molecule has 0 saturated carbocycles. The number of hydrogen-bond donors (Lipinski definition) is 2. The number of amides is 1. The summed E-state index contributed by atoms with van der Waals surface area (Å²) in [5, 5.41) is 3.75. The molecule has 25 heavy (non-hydrogen) atoms. The first-order valence-electron chi connectivity index (χ1n) is 8.55. The van der Waals surface area contributed by atoms with Gasteiger partial charge in [-0.2, -0.15) is 4.73 Å². The van der Waals surface area contributed by atoms with E-state index >= 15 is 0 Å². The van der Waals surface area contributed by atoms with Crippen LogP contribution in [0.4, 0.5) is 5.82 Å². The standard InChI is InChI=1S/C18H23N5O2/c1-3-15-22-16-17(13-8-4-5-9-14(13)21-18(16)19)23(15)25-11-7-6-10-20-12(2)24/h4-5,8-9H,3,6-7,10-11H2,1-2H3,(H2,19,21)(H,20,24). The third-order valence-corrected chi connectivity index (χ3v) is 4.03. The first kappa shape index (κ1) is 17.0. The molecule has 0 aliphatic rings. The molecule has 0 radical (unpaired) electrons. The molecule has 132 valence electrons. The van der Waals surface area contributed by atoms with Crippen LogP contribution in [0.15, 0.2) is 24.3 Å². The van der Waals surface area contributed by atoms with Gasteiger partial charge in [0, 0.05) is 25.3 Å². The number of nitrogens with zero attached hydrogens (tertiary/aromatic N) is 3. The largest absolute Gasteiger partial charge is 0.412 e. The molecule has 0 unspecified atom stereocenters. The van der Waals surface area contributed by atoms with E-state index in [1.54, 1.807) is 4.73 Å². The molecule has 0 aliphatic carbocycles. The van der Waals surface area contributed by atoms with Crippen molar-refractivity contribution in [2.45, 2.75) is 33.1 Å². The summed E-state index contributed by atoms with van der Waals surface area (Å²) in [6.45, 7) is 4.74. The van der Waals surface area contributed by atoms with Gasteiger partial charge in [0.2, 0.25) is 5.91 Å². The first-order chi connectivity index (χ1) is 12.1. The molecule has 1 amide bonds. The molecule has 0 atom stereocenters. The van der Waals surface area contributed by atoms with Gasteiger partial charge in [-0.1, -0.05) is 25.1 Å². The van der Waals surface area contributed by atoms with E-state index in [1.165, 1.54) is 6.92 Å². The Hall–Kier alpha value is -2.83. The summed E-state index contributed by atoms with van der Waals surface area (Å²) in [4.78, 5) is 25.9. The van der Waals surface area contributed by atoms with E-state index in [-0.39, 0.29) is 5.91 Å². The lowest BCUT2D eigenvalue weighted by Crippen LogP contribution is -2.22. The quantitative estimate of drug-likeness (QED) is 0.642. The molecule has 7 heteroatoms. The number of nitrogens with two attached hydrogens (primary N) is 1. The Bertz CT molecular complexity index is 903. The fraction of sp³-hybridized carbons (Fsp3) is 0.389. The van der Waals surface area contributed by atoms with Crippen molar-refractivity contribution >= 4 is 33.7 Å². The summed E-state index contributed by atoms with van der Waals surface area (Å²) in [5.41, 5.74) is 8.46. The van der Waals surface area contributed by atoms with Gasteiger partial charge < -0.3 is 15.9 Å². The zero-order valence-corrected chi connectivity index (χ0v) is 14.6. The highest BCUT2D eigenvalue weighted by molar-refractivity contribution is 6.06. The lowest BCUT2D eigenvalue weighted by molar-refractivity contribution is -0.118. The van der Waals surface area contributed by atoms with Crippen LogP contribution in [0.25, 0.3) is 21.9 Å². The van der Waals surface area contributed by atoms with Crippen LogP contribution < -0.4 is 15.9 Å². The average Bonchev–Trinajstić information content (AvgIpc) is 2.97. The van der Waals surface area contributed by atoms with Crippen molar-refractivity contribution in [1.82, 2.24) is 20.0 Å². The van der Waals surface area contributed by atoms with Gasteiger partial charge in [-0.25, -0.2) is 9.97 Å². The monoisotopic (exact) mass is 341 g/mol. The van der Waals surface area contributed by atoms with Gasteiger partial charge in [0.15, 0.2) is 5.82 Å². The number of benzene rings is 1. The van der Waals surface area contributed by atoms with E-state index in [0.717, 1.165) is 41.5 Å². The average molecular weight is 341 g/mol. The summed E-state index contributed by atoms with van der Waals surface area (Å²) in [7, 11) is 0. The number of aryl methyl sites for hydroxylation is 1. The van der Waals surface area contributed by atoms with E-state index in [1.807, 2.05) is 31.2 Å². The van der Waals surface area contributed by atoms with Crippen molar-refractivity contribution in [2.75, 3.05) is 18.9 Å². The number of anilines is 1. The van der Waals surface area contributed by atoms with E-state index in [9.17, 15) is 4.79 Å². The Morgan fingerprint density at radius 2 is 2.08 bits per heavy atom. The Morgan fingerprint density at radius 1 is 1.28 bits per heavy atom. The Morgan fingerprint density at radius 3 is 2.84 bits per heavy atom. The molecule has 2 aromatic heterocycles. The zero-order valence-electron chi connectivity index (χ0n) is 14.6. The highest BCUT2D eigenvalue weighted by Gasteiger charge is 2.17. The van der Waals surface area contributed by atoms with Crippen molar-refractivity contribution in [3.8, 4) is 0 Å². The number of nitrogens with one attached hydrogen (secondary N) is 1. The molecule has 2 heterocycles. The maximum Gasteiger partial charge on any atom is 0.216 e. The lowest BCUT2D eigenvalue weighted by Gasteiger charge is -2.11. The molecule has 0 spiro atoms. The number of unbranched alkanes of at least 4 members (excludes halogenated alkanes) is 1. The van der Waals surface area contributed by atoms with Crippen LogP contribution in [0.2, 0.25) is 0 Å². The maximum absolute atomic E-state index is 10.9. The van der Waals surface area contributed by atoms with E-state index in [4.69, 9.17) is 10.6 Å². The molecule has 7 nitrogen and oxygen atoms in total. The Balaban J connectivity index is 1.87. The maximum atomic E-state index is 10.9. The summed E-state index contributed by atoms with van der Waals surface area (Å²) in [6.07, 6.45) is 2.42. The lowest BCUT2D eigenvalue weighted by atomic mass is 10.2.